The first-order valence-electron chi connectivity index (χ1n) is 6.43. The molecule has 0 aliphatic rings. The minimum Gasteiger partial charge on any atom is -0.0890 e. The predicted octanol–water partition coefficient (Wildman–Crippen LogP) is 3.94. The van der Waals surface area contributed by atoms with Crippen LogP contribution in [-0.4, -0.2) is 7.85 Å². The summed E-state index contributed by atoms with van der Waals surface area (Å²) in [6, 6.07) is 23.3. The van der Waals surface area contributed by atoms with Crippen molar-refractivity contribution in [3.63, 3.8) is 0 Å². The Kier molecular flexibility index (Phi) is 2.16. The number of benzene rings is 4. The molecule has 0 N–H and O–H groups in total. The van der Waals surface area contributed by atoms with Gasteiger partial charge in [0.1, 0.15) is 7.85 Å². The van der Waals surface area contributed by atoms with Gasteiger partial charge in [-0.2, -0.15) is 0 Å². The van der Waals surface area contributed by atoms with Gasteiger partial charge in [-0.15, -0.1) is 0 Å². The Labute approximate surface area is 113 Å². The van der Waals surface area contributed by atoms with Gasteiger partial charge in [-0.25, -0.2) is 0 Å². The maximum atomic E-state index is 6.06. The van der Waals surface area contributed by atoms with Crippen LogP contribution < -0.4 is 5.46 Å². The van der Waals surface area contributed by atoms with Gasteiger partial charge >= 0.3 is 0 Å². The predicted molar refractivity (Wildman–Crippen MR) is 84.3 cm³/mol. The zero-order valence-electron chi connectivity index (χ0n) is 10.4. The van der Waals surface area contributed by atoms with Gasteiger partial charge in [0.2, 0.25) is 0 Å². The third-order valence-electron chi connectivity index (χ3n) is 3.78. The van der Waals surface area contributed by atoms with Crippen LogP contribution in [0.15, 0.2) is 66.7 Å². The monoisotopic (exact) mass is 238 g/mol. The van der Waals surface area contributed by atoms with Crippen LogP contribution in [0.1, 0.15) is 0 Å². The summed E-state index contributed by atoms with van der Waals surface area (Å²) in [4.78, 5) is 0. The van der Waals surface area contributed by atoms with Gasteiger partial charge in [-0.05, 0) is 44.5 Å². The highest BCUT2D eigenvalue weighted by molar-refractivity contribution is 6.39. The van der Waals surface area contributed by atoms with Crippen molar-refractivity contribution in [3.8, 4) is 0 Å². The molecule has 0 atom stereocenters. The van der Waals surface area contributed by atoms with Crippen LogP contribution in [0.4, 0.5) is 0 Å². The number of hydrogen-bond acceptors (Lipinski definition) is 0. The van der Waals surface area contributed by atoms with Gasteiger partial charge in [-0.1, -0.05) is 60.1 Å². The van der Waals surface area contributed by atoms with Crippen LogP contribution in [0.3, 0.4) is 0 Å². The topological polar surface area (TPSA) is 0 Å². The molecule has 4 rings (SSSR count). The van der Waals surface area contributed by atoms with Crippen LogP contribution in [0.25, 0.3) is 32.3 Å². The van der Waals surface area contributed by atoms with Crippen molar-refractivity contribution in [1.29, 1.82) is 0 Å². The van der Waals surface area contributed by atoms with E-state index in [2.05, 4.69) is 54.6 Å². The van der Waals surface area contributed by atoms with Crippen molar-refractivity contribution in [1.82, 2.24) is 0 Å². The van der Waals surface area contributed by atoms with Gasteiger partial charge in [0.05, 0.1) is 0 Å². The molecule has 2 radical (unpaired) electrons. The summed E-state index contributed by atoms with van der Waals surface area (Å²) in [6.45, 7) is 0. The van der Waals surface area contributed by atoms with Gasteiger partial charge in [0.25, 0.3) is 0 Å². The zero-order chi connectivity index (χ0) is 12.8. The van der Waals surface area contributed by atoms with E-state index in [4.69, 9.17) is 7.85 Å². The van der Waals surface area contributed by atoms with Crippen LogP contribution in [0.2, 0.25) is 0 Å². The molecule has 0 saturated heterocycles. The fraction of sp³-hybridized carbons (Fsp3) is 0. The third-order valence-corrected chi connectivity index (χ3v) is 3.78. The lowest BCUT2D eigenvalue weighted by atomic mass is 9.88. The number of hydrogen-bond donors (Lipinski definition) is 0. The molecule has 0 bridgehead atoms. The average molecular weight is 238 g/mol. The van der Waals surface area contributed by atoms with E-state index in [0.717, 1.165) is 10.8 Å². The Morgan fingerprint density at radius 2 is 1.21 bits per heavy atom. The van der Waals surface area contributed by atoms with Crippen LogP contribution in [0.5, 0.6) is 0 Å². The van der Waals surface area contributed by atoms with Crippen molar-refractivity contribution in [2.45, 2.75) is 0 Å². The van der Waals surface area contributed by atoms with E-state index >= 15 is 0 Å². The Morgan fingerprint density at radius 1 is 0.526 bits per heavy atom. The molecule has 86 valence electrons. The van der Waals surface area contributed by atoms with Crippen molar-refractivity contribution >= 4 is 45.6 Å². The Morgan fingerprint density at radius 3 is 2.16 bits per heavy atom. The highest BCUT2D eigenvalue weighted by Crippen LogP contribution is 2.28. The molecule has 0 aliphatic carbocycles. The highest BCUT2D eigenvalue weighted by Gasteiger charge is 2.03. The summed E-state index contributed by atoms with van der Waals surface area (Å²) in [5, 5.41) is 7.43. The van der Waals surface area contributed by atoms with Crippen molar-refractivity contribution in [2.75, 3.05) is 0 Å². The molecule has 0 aliphatic heterocycles. The van der Waals surface area contributed by atoms with Crippen molar-refractivity contribution in [2.24, 2.45) is 0 Å². The first kappa shape index (κ1) is 10.6. The molecule has 19 heavy (non-hydrogen) atoms. The van der Waals surface area contributed by atoms with E-state index < -0.39 is 0 Å². The van der Waals surface area contributed by atoms with Gasteiger partial charge in [0.15, 0.2) is 0 Å². The summed E-state index contributed by atoms with van der Waals surface area (Å²) in [5.41, 5.74) is 0.840. The SMILES string of the molecule is [B]c1cccc2cc3c(ccc4ccccc43)cc12. The van der Waals surface area contributed by atoms with E-state index in [1.54, 1.807) is 0 Å². The van der Waals surface area contributed by atoms with Crippen LogP contribution in [0, 0.1) is 0 Å². The molecule has 0 unspecified atom stereocenters. The Bertz CT molecular complexity index is 922. The second-order valence-electron chi connectivity index (χ2n) is 4.93. The van der Waals surface area contributed by atoms with Gasteiger partial charge in [0, 0.05) is 0 Å². The highest BCUT2D eigenvalue weighted by atomic mass is 14.1. The molecule has 0 fully saturated rings. The first-order chi connectivity index (χ1) is 9.33. The van der Waals surface area contributed by atoms with E-state index in [9.17, 15) is 0 Å². The maximum Gasteiger partial charge on any atom is 0.114 e. The molecule has 0 amide bonds. The van der Waals surface area contributed by atoms with Crippen molar-refractivity contribution in [3.05, 3.63) is 66.7 Å². The average Bonchev–Trinajstić information content (AvgIpc) is 2.46. The second kappa shape index (κ2) is 3.86. The molecule has 4 aromatic carbocycles. The largest absolute Gasteiger partial charge is 0.114 e. The molecule has 0 saturated carbocycles. The molecule has 4 aromatic rings. The minimum absolute atomic E-state index is 0.840. The van der Waals surface area contributed by atoms with E-state index in [0.29, 0.717) is 0 Å². The lowest BCUT2D eigenvalue weighted by Gasteiger charge is -2.08. The first-order valence-corrected chi connectivity index (χ1v) is 6.43. The van der Waals surface area contributed by atoms with E-state index in [-0.39, 0.29) is 0 Å². The Balaban J connectivity index is 2.26. The minimum atomic E-state index is 0.840. The molecule has 0 nitrogen and oxygen atoms in total. The second-order valence-corrected chi connectivity index (χ2v) is 4.93. The zero-order valence-corrected chi connectivity index (χ0v) is 10.4. The summed E-state index contributed by atoms with van der Waals surface area (Å²) in [6.07, 6.45) is 0. The summed E-state index contributed by atoms with van der Waals surface area (Å²) in [7, 11) is 6.06. The molecule has 0 heterocycles. The normalized spacial score (nSPS) is 11.4. The summed E-state index contributed by atoms with van der Waals surface area (Å²) < 4.78 is 0. The fourth-order valence-electron chi connectivity index (χ4n) is 2.80. The molecule has 1 heteroatoms. The maximum absolute atomic E-state index is 6.06. The molecular weight excluding hydrogens is 227 g/mol. The lowest BCUT2D eigenvalue weighted by molar-refractivity contribution is 1.79. The molecule has 0 spiro atoms. The summed E-state index contributed by atoms with van der Waals surface area (Å²) >= 11 is 0. The van der Waals surface area contributed by atoms with Crippen LogP contribution in [-0.2, 0) is 0 Å². The Hall–Kier alpha value is -2.28. The van der Waals surface area contributed by atoms with Crippen LogP contribution >= 0.6 is 0 Å². The fourth-order valence-corrected chi connectivity index (χ4v) is 2.80. The summed E-state index contributed by atoms with van der Waals surface area (Å²) in [5.74, 6) is 0. The van der Waals surface area contributed by atoms with Crippen molar-refractivity contribution < 1.29 is 0 Å². The lowest BCUT2D eigenvalue weighted by Crippen LogP contribution is -2.02. The third kappa shape index (κ3) is 1.55. The standard InChI is InChI=1S/C18H11B/c19-18-7-3-5-13-10-16-14(11-17(13)18)9-8-12-4-1-2-6-15(12)16/h1-11H. The quantitative estimate of drug-likeness (QED) is 0.247. The van der Waals surface area contributed by atoms with Gasteiger partial charge in [-0.3, -0.25) is 0 Å². The van der Waals surface area contributed by atoms with E-state index in [1.165, 1.54) is 26.9 Å². The van der Waals surface area contributed by atoms with Gasteiger partial charge < -0.3 is 0 Å². The smallest absolute Gasteiger partial charge is 0.0890 e. The number of fused-ring (bicyclic) bond motifs is 4. The molecular formula is C18H11B. The molecule has 0 aromatic heterocycles. The number of rotatable bonds is 0. The van der Waals surface area contributed by atoms with E-state index in [1.807, 2.05) is 12.1 Å².